The van der Waals surface area contributed by atoms with Crippen molar-refractivity contribution in [3.05, 3.63) is 132 Å². The van der Waals surface area contributed by atoms with E-state index < -0.39 is 0 Å². The fraction of sp³-hybridized carbons (Fsp3) is 0.143. The Kier molecular flexibility index (Phi) is 8.97. The van der Waals surface area contributed by atoms with Crippen LogP contribution in [0.3, 0.4) is 0 Å². The molecule has 0 spiro atoms. The van der Waals surface area contributed by atoms with Crippen LogP contribution in [0.5, 0.6) is 0 Å². The van der Waals surface area contributed by atoms with Crippen molar-refractivity contribution in [1.29, 1.82) is 0 Å². The maximum atomic E-state index is 2.29. The molecule has 0 radical (unpaired) electrons. The van der Waals surface area contributed by atoms with Gasteiger partial charge in [-0.15, -0.1) is 68.0 Å². The summed E-state index contributed by atoms with van der Waals surface area (Å²) in [6, 6.07) is 45.5. The van der Waals surface area contributed by atoms with Crippen molar-refractivity contribution in [2.75, 3.05) is 0 Å². The standard InChI is InChI=1S/C42H34S6/c1-25(2)27-5-9-29(10-6-27)31-13-15-33(43-31)35-17-19-37(45-35)39-21-23-41(47-39)42-24-22-40(48-42)38-20-18-36(46-38)34-16-14-32(44-34)30-11-7-28(8-12-30)26(3)4/h5-26H,1-4H3. The van der Waals surface area contributed by atoms with Gasteiger partial charge in [0, 0.05) is 58.5 Å². The number of benzene rings is 2. The summed E-state index contributed by atoms with van der Waals surface area (Å²) >= 11 is 11.3. The van der Waals surface area contributed by atoms with Gasteiger partial charge in [-0.05, 0) is 107 Å². The smallest absolute Gasteiger partial charge is 0.0449 e. The molecule has 8 aromatic rings. The molecule has 0 saturated heterocycles. The molecule has 6 heterocycles. The van der Waals surface area contributed by atoms with Gasteiger partial charge >= 0.3 is 0 Å². The van der Waals surface area contributed by atoms with Gasteiger partial charge < -0.3 is 0 Å². The summed E-state index contributed by atoms with van der Waals surface area (Å²) in [6.45, 7) is 8.98. The van der Waals surface area contributed by atoms with Crippen LogP contribution in [0, 0.1) is 0 Å². The van der Waals surface area contributed by atoms with Gasteiger partial charge in [-0.25, -0.2) is 0 Å². The first kappa shape index (κ1) is 31.9. The number of rotatable bonds is 9. The maximum Gasteiger partial charge on any atom is 0.0449 e. The largest absolute Gasteiger partial charge is 0.134 e. The molecule has 0 bridgehead atoms. The van der Waals surface area contributed by atoms with Crippen LogP contribution >= 0.6 is 68.0 Å². The zero-order chi connectivity index (χ0) is 32.8. The highest BCUT2D eigenvalue weighted by Crippen LogP contribution is 2.47. The van der Waals surface area contributed by atoms with E-state index in [9.17, 15) is 0 Å². The topological polar surface area (TPSA) is 0 Å². The van der Waals surface area contributed by atoms with E-state index in [1.165, 1.54) is 80.8 Å². The summed E-state index contributed by atoms with van der Waals surface area (Å²) in [5.41, 5.74) is 5.38. The third kappa shape index (κ3) is 6.50. The van der Waals surface area contributed by atoms with Gasteiger partial charge in [-0.2, -0.15) is 0 Å². The lowest BCUT2D eigenvalue weighted by molar-refractivity contribution is 0.867. The maximum absolute atomic E-state index is 2.29. The summed E-state index contributed by atoms with van der Waals surface area (Å²) in [4.78, 5) is 16.0. The summed E-state index contributed by atoms with van der Waals surface area (Å²) in [5, 5.41) is 0. The number of hydrogen-bond donors (Lipinski definition) is 0. The van der Waals surface area contributed by atoms with E-state index in [0.717, 1.165) is 0 Å². The lowest BCUT2D eigenvalue weighted by atomic mass is 10.0. The zero-order valence-electron chi connectivity index (χ0n) is 27.2. The molecule has 2 aromatic carbocycles. The highest BCUT2D eigenvalue weighted by atomic mass is 32.1. The normalized spacial score (nSPS) is 11.7. The van der Waals surface area contributed by atoms with Crippen molar-refractivity contribution in [3.8, 4) is 69.7 Å². The van der Waals surface area contributed by atoms with Gasteiger partial charge in [0.2, 0.25) is 0 Å². The molecule has 0 atom stereocenters. The van der Waals surface area contributed by atoms with E-state index in [4.69, 9.17) is 0 Å². The van der Waals surface area contributed by atoms with Gasteiger partial charge in [-0.1, -0.05) is 76.2 Å². The van der Waals surface area contributed by atoms with Gasteiger partial charge in [0.15, 0.2) is 0 Å². The van der Waals surface area contributed by atoms with Crippen LogP contribution in [0.15, 0.2) is 121 Å². The lowest BCUT2D eigenvalue weighted by Crippen LogP contribution is -1.85. The third-order valence-electron chi connectivity index (χ3n) is 8.57. The minimum absolute atomic E-state index is 0.557. The lowest BCUT2D eigenvalue weighted by Gasteiger charge is -2.05. The first-order valence-electron chi connectivity index (χ1n) is 16.2. The molecular formula is C42H34S6. The van der Waals surface area contributed by atoms with E-state index >= 15 is 0 Å². The second kappa shape index (κ2) is 13.5. The first-order chi connectivity index (χ1) is 23.4. The second-order valence-electron chi connectivity index (χ2n) is 12.5. The average Bonchev–Trinajstić information content (AvgIpc) is 3.94. The molecule has 0 aliphatic carbocycles. The molecule has 0 saturated carbocycles. The van der Waals surface area contributed by atoms with E-state index in [1.807, 2.05) is 68.0 Å². The Morgan fingerprint density at radius 3 is 0.646 bits per heavy atom. The van der Waals surface area contributed by atoms with Crippen molar-refractivity contribution in [1.82, 2.24) is 0 Å². The second-order valence-corrected chi connectivity index (χ2v) is 19.0. The van der Waals surface area contributed by atoms with Crippen molar-refractivity contribution in [2.45, 2.75) is 39.5 Å². The number of hydrogen-bond acceptors (Lipinski definition) is 6. The molecule has 48 heavy (non-hydrogen) atoms. The van der Waals surface area contributed by atoms with E-state index in [0.29, 0.717) is 11.8 Å². The molecule has 0 aliphatic heterocycles. The molecular weight excluding hydrogens is 697 g/mol. The van der Waals surface area contributed by atoms with Crippen LogP contribution in [0.25, 0.3) is 69.7 Å². The molecule has 0 amide bonds. The first-order valence-corrected chi connectivity index (χ1v) is 21.1. The van der Waals surface area contributed by atoms with Gasteiger partial charge in [0.1, 0.15) is 0 Å². The molecule has 0 unspecified atom stereocenters. The molecule has 6 aromatic heterocycles. The highest BCUT2D eigenvalue weighted by Gasteiger charge is 2.15. The summed E-state index contributed by atoms with van der Waals surface area (Å²) < 4.78 is 0. The fourth-order valence-corrected chi connectivity index (χ4v) is 12.2. The fourth-order valence-electron chi connectivity index (χ4n) is 5.73. The Balaban J connectivity index is 0.955. The predicted octanol–water partition coefficient (Wildman–Crippen LogP) is 16.0. The Bertz CT molecular complexity index is 2120. The minimum Gasteiger partial charge on any atom is -0.134 e. The van der Waals surface area contributed by atoms with Gasteiger partial charge in [0.05, 0.1) is 0 Å². The van der Waals surface area contributed by atoms with Crippen molar-refractivity contribution >= 4 is 68.0 Å². The molecule has 0 fully saturated rings. The van der Waals surface area contributed by atoms with Crippen LogP contribution in [-0.4, -0.2) is 0 Å². The summed E-state index contributed by atoms with van der Waals surface area (Å²) in [6.07, 6.45) is 0. The predicted molar refractivity (Wildman–Crippen MR) is 220 cm³/mol. The van der Waals surface area contributed by atoms with Crippen molar-refractivity contribution in [3.63, 3.8) is 0 Å². The number of thiophene rings is 6. The van der Waals surface area contributed by atoms with Gasteiger partial charge in [-0.3, -0.25) is 0 Å². The molecule has 238 valence electrons. The average molecular weight is 731 g/mol. The van der Waals surface area contributed by atoms with Crippen LogP contribution in [0.2, 0.25) is 0 Å². The minimum atomic E-state index is 0.557. The van der Waals surface area contributed by atoms with Crippen molar-refractivity contribution < 1.29 is 0 Å². The molecule has 0 N–H and O–H groups in total. The van der Waals surface area contributed by atoms with Crippen LogP contribution in [0.1, 0.15) is 50.7 Å². The Labute approximate surface area is 307 Å². The van der Waals surface area contributed by atoms with Gasteiger partial charge in [0.25, 0.3) is 0 Å². The zero-order valence-corrected chi connectivity index (χ0v) is 32.1. The summed E-state index contributed by atoms with van der Waals surface area (Å²) in [7, 11) is 0. The Morgan fingerprint density at radius 2 is 0.438 bits per heavy atom. The van der Waals surface area contributed by atoms with Crippen LogP contribution in [0.4, 0.5) is 0 Å². The molecule has 0 aliphatic rings. The summed E-state index contributed by atoms with van der Waals surface area (Å²) in [5.74, 6) is 1.11. The highest BCUT2D eigenvalue weighted by molar-refractivity contribution is 7.30. The molecule has 6 heteroatoms. The van der Waals surface area contributed by atoms with Crippen molar-refractivity contribution in [2.24, 2.45) is 0 Å². The molecule has 0 nitrogen and oxygen atoms in total. The van der Waals surface area contributed by atoms with Crippen LogP contribution < -0.4 is 0 Å². The van der Waals surface area contributed by atoms with E-state index in [2.05, 4.69) is 149 Å². The monoisotopic (exact) mass is 730 g/mol. The Hall–Kier alpha value is -3.36. The van der Waals surface area contributed by atoms with E-state index in [1.54, 1.807) is 0 Å². The quantitative estimate of drug-likeness (QED) is 0.139. The Morgan fingerprint density at radius 1 is 0.250 bits per heavy atom. The van der Waals surface area contributed by atoms with E-state index in [-0.39, 0.29) is 0 Å². The SMILES string of the molecule is CC(C)c1ccc(-c2ccc(-c3ccc(-c4ccc(-c5ccc(-c6ccc(-c7ccc(-c8ccc(C(C)C)cc8)s7)s6)s5)s4)s3)s2)cc1. The van der Waals surface area contributed by atoms with Crippen LogP contribution in [-0.2, 0) is 0 Å². The molecule has 8 rings (SSSR count). The third-order valence-corrected chi connectivity index (χ3v) is 16.2.